The fraction of sp³-hybridized carbons (Fsp3) is 0.429. The van der Waals surface area contributed by atoms with Gasteiger partial charge in [0.25, 0.3) is 5.91 Å². The molecule has 0 saturated carbocycles. The summed E-state index contributed by atoms with van der Waals surface area (Å²) >= 11 is 6.55. The number of aliphatic carboxylic acids is 1. The number of carboxylic acid groups (broad SMARTS) is 1. The number of carbonyl (C=O) groups is 2. The Morgan fingerprint density at radius 1 is 1.14 bits per heavy atom. The monoisotopic (exact) mass is 625 g/mol. The lowest BCUT2D eigenvalue weighted by molar-refractivity contribution is -0.142. The number of likely N-dealkylation sites (tertiary alicyclic amines) is 1. The molecule has 0 spiro atoms. The van der Waals surface area contributed by atoms with Crippen LogP contribution in [-0.4, -0.2) is 34.5 Å². The lowest BCUT2D eigenvalue weighted by Crippen LogP contribution is -2.45. The van der Waals surface area contributed by atoms with E-state index >= 15 is 0 Å². The number of halogens is 3. The first-order valence-corrected chi connectivity index (χ1v) is 9.83. The summed E-state index contributed by atoms with van der Waals surface area (Å²) in [5.41, 5.74) is 0.611. The lowest BCUT2D eigenvalue weighted by atomic mass is 10.1. The van der Waals surface area contributed by atoms with Crippen molar-refractivity contribution in [3.63, 3.8) is 0 Å². The Labute approximate surface area is 164 Å². The Morgan fingerprint density at radius 3 is 2.52 bits per heavy atom. The van der Waals surface area contributed by atoms with E-state index in [1.165, 1.54) is 0 Å². The molecule has 1 N–H and O–H groups in total. The maximum atomic E-state index is 12.8. The molecule has 1 atom stereocenters. The zero-order valence-electron chi connectivity index (χ0n) is 11.1. The van der Waals surface area contributed by atoms with E-state index in [1.54, 1.807) is 4.90 Å². The first-order valence-electron chi connectivity index (χ1n) is 6.60. The van der Waals surface area contributed by atoms with Gasteiger partial charge in [0.15, 0.2) is 0 Å². The first kappa shape index (κ1) is 17.7. The van der Waals surface area contributed by atoms with Crippen LogP contribution in [-0.2, 0) is 4.79 Å². The fourth-order valence-electron chi connectivity index (χ4n) is 2.47. The number of rotatable bonds is 2. The molecular weight excluding hydrogens is 611 g/mol. The molecule has 1 aromatic rings. The highest BCUT2D eigenvalue weighted by atomic mass is 127. The van der Waals surface area contributed by atoms with Gasteiger partial charge in [-0.2, -0.15) is 0 Å². The van der Waals surface area contributed by atoms with Crippen molar-refractivity contribution in [3.8, 4) is 0 Å². The number of nitrogens with zero attached hydrogens (tertiary/aromatic N) is 1. The van der Waals surface area contributed by atoms with Crippen molar-refractivity contribution in [1.82, 2.24) is 4.90 Å². The molecule has 114 valence electrons. The molecule has 1 aromatic carbocycles. The second-order valence-electron chi connectivity index (χ2n) is 4.95. The van der Waals surface area contributed by atoms with Crippen molar-refractivity contribution < 1.29 is 14.7 Å². The summed E-state index contributed by atoms with van der Waals surface area (Å²) in [6.07, 6.45) is 3.25. The van der Waals surface area contributed by atoms with Gasteiger partial charge in [-0.1, -0.05) is 12.8 Å². The second kappa shape index (κ2) is 7.75. The Balaban J connectivity index is 2.39. The number of carbonyl (C=O) groups excluding carboxylic acids is 1. The summed E-state index contributed by atoms with van der Waals surface area (Å²) in [7, 11) is 0. The molecule has 0 bridgehead atoms. The zero-order valence-corrected chi connectivity index (χ0v) is 17.6. The van der Waals surface area contributed by atoms with E-state index in [4.69, 9.17) is 0 Å². The summed E-state index contributed by atoms with van der Waals surface area (Å²) in [6.45, 7) is 0.522. The van der Waals surface area contributed by atoms with E-state index in [-0.39, 0.29) is 5.91 Å². The molecule has 1 fully saturated rings. The highest BCUT2D eigenvalue weighted by Gasteiger charge is 2.32. The highest BCUT2D eigenvalue weighted by molar-refractivity contribution is 14.1. The Morgan fingerprint density at radius 2 is 1.86 bits per heavy atom. The van der Waals surface area contributed by atoms with Crippen LogP contribution in [0, 0.1) is 10.7 Å². The minimum Gasteiger partial charge on any atom is -0.480 e. The van der Waals surface area contributed by atoms with E-state index in [0.29, 0.717) is 18.5 Å². The third-order valence-electron chi connectivity index (χ3n) is 3.52. The van der Waals surface area contributed by atoms with Crippen molar-refractivity contribution in [2.24, 2.45) is 0 Å². The van der Waals surface area contributed by atoms with Gasteiger partial charge in [0.1, 0.15) is 6.04 Å². The van der Waals surface area contributed by atoms with Crippen molar-refractivity contribution in [2.45, 2.75) is 31.7 Å². The molecule has 1 heterocycles. The summed E-state index contributed by atoms with van der Waals surface area (Å²) in [4.78, 5) is 25.9. The molecule has 0 aromatic heterocycles. The molecule has 1 unspecified atom stereocenters. The lowest BCUT2D eigenvalue weighted by Gasteiger charge is -2.27. The van der Waals surface area contributed by atoms with E-state index in [0.717, 1.165) is 30.0 Å². The van der Waals surface area contributed by atoms with Crippen LogP contribution in [0.1, 0.15) is 36.0 Å². The number of benzene rings is 1. The minimum absolute atomic E-state index is 0.162. The predicted octanol–water partition coefficient (Wildman–Crippen LogP) is 3.97. The standard InChI is InChI=1S/C14H14I3NO3/c15-8-6-9(12(17)10(16)7-8)13(19)18-5-3-1-2-4-11(18)14(20)21/h6-7,11H,1-5H2,(H,20,21). The van der Waals surface area contributed by atoms with Gasteiger partial charge in [0.2, 0.25) is 0 Å². The number of hydrogen-bond acceptors (Lipinski definition) is 2. The molecule has 1 aliphatic heterocycles. The Hall–Kier alpha value is 0.350. The predicted molar refractivity (Wildman–Crippen MR) is 106 cm³/mol. The van der Waals surface area contributed by atoms with Gasteiger partial charge in [-0.25, -0.2) is 4.79 Å². The fourth-order valence-corrected chi connectivity index (χ4v) is 4.86. The maximum Gasteiger partial charge on any atom is 0.326 e. The third kappa shape index (κ3) is 4.21. The van der Waals surface area contributed by atoms with Crippen LogP contribution in [0.2, 0.25) is 0 Å². The van der Waals surface area contributed by atoms with Crippen LogP contribution in [0.4, 0.5) is 0 Å². The van der Waals surface area contributed by atoms with Crippen LogP contribution < -0.4 is 0 Å². The van der Waals surface area contributed by atoms with Gasteiger partial charge < -0.3 is 10.0 Å². The highest BCUT2D eigenvalue weighted by Crippen LogP contribution is 2.26. The average molecular weight is 625 g/mol. The summed E-state index contributed by atoms with van der Waals surface area (Å²) < 4.78 is 2.90. The van der Waals surface area contributed by atoms with Gasteiger partial charge in [-0.05, 0) is 92.7 Å². The molecule has 2 rings (SSSR count). The van der Waals surface area contributed by atoms with Crippen LogP contribution in [0.5, 0.6) is 0 Å². The van der Waals surface area contributed by atoms with Crippen LogP contribution >= 0.6 is 67.8 Å². The Kier molecular flexibility index (Phi) is 6.53. The van der Waals surface area contributed by atoms with Crippen LogP contribution in [0.25, 0.3) is 0 Å². The van der Waals surface area contributed by atoms with Gasteiger partial charge in [0, 0.05) is 17.3 Å². The smallest absolute Gasteiger partial charge is 0.326 e. The molecule has 0 aliphatic carbocycles. The van der Waals surface area contributed by atoms with Gasteiger partial charge in [-0.15, -0.1) is 0 Å². The second-order valence-corrected chi connectivity index (χ2v) is 8.44. The van der Waals surface area contributed by atoms with Crippen molar-refractivity contribution in [1.29, 1.82) is 0 Å². The number of carboxylic acids is 1. The quantitative estimate of drug-likeness (QED) is 0.401. The molecular formula is C14H14I3NO3. The van der Waals surface area contributed by atoms with Gasteiger partial charge in [-0.3, -0.25) is 4.79 Å². The third-order valence-corrected chi connectivity index (χ3v) is 7.19. The molecule has 21 heavy (non-hydrogen) atoms. The number of hydrogen-bond donors (Lipinski definition) is 1. The van der Waals surface area contributed by atoms with Crippen molar-refractivity contribution in [2.75, 3.05) is 6.54 Å². The first-order chi connectivity index (χ1) is 9.91. The molecule has 1 amide bonds. The van der Waals surface area contributed by atoms with Crippen LogP contribution in [0.3, 0.4) is 0 Å². The van der Waals surface area contributed by atoms with Gasteiger partial charge in [0.05, 0.1) is 5.56 Å². The van der Waals surface area contributed by atoms with Crippen molar-refractivity contribution >= 4 is 79.6 Å². The van der Waals surface area contributed by atoms with Gasteiger partial charge >= 0.3 is 5.97 Å². The molecule has 1 saturated heterocycles. The Bertz CT molecular complexity index is 577. The minimum atomic E-state index is -0.902. The van der Waals surface area contributed by atoms with E-state index in [9.17, 15) is 14.7 Å². The largest absolute Gasteiger partial charge is 0.480 e. The van der Waals surface area contributed by atoms with Crippen molar-refractivity contribution in [3.05, 3.63) is 28.4 Å². The normalized spacial score (nSPS) is 19.2. The average Bonchev–Trinajstić information content (AvgIpc) is 2.67. The van der Waals surface area contributed by atoms with E-state index in [2.05, 4.69) is 67.8 Å². The SMILES string of the molecule is O=C(O)C1CCCCCN1C(=O)c1cc(I)cc(I)c1I. The summed E-state index contributed by atoms with van der Waals surface area (Å²) in [5, 5.41) is 9.41. The number of amides is 1. The van der Waals surface area contributed by atoms with Crippen LogP contribution in [0.15, 0.2) is 12.1 Å². The van der Waals surface area contributed by atoms with E-state index in [1.807, 2.05) is 12.1 Å². The molecule has 0 radical (unpaired) electrons. The molecule has 7 heteroatoms. The summed E-state index contributed by atoms with van der Waals surface area (Å²) in [6, 6.07) is 3.15. The summed E-state index contributed by atoms with van der Waals surface area (Å²) in [5.74, 6) is -1.06. The van der Waals surface area contributed by atoms with E-state index < -0.39 is 12.0 Å². The molecule has 1 aliphatic rings. The molecule has 4 nitrogen and oxygen atoms in total. The topological polar surface area (TPSA) is 57.6 Å². The maximum absolute atomic E-state index is 12.8. The zero-order chi connectivity index (χ0) is 15.6.